The number of para-hydroxylation sites is 1. The molecule has 1 aromatic carbocycles. The fraction of sp³-hybridized carbons (Fsp3) is 0.133. The van der Waals surface area contributed by atoms with Gasteiger partial charge in [-0.25, -0.2) is 0 Å². The lowest BCUT2D eigenvalue weighted by atomic mass is 10.2. The lowest BCUT2D eigenvalue weighted by Gasteiger charge is -2.03. The van der Waals surface area contributed by atoms with Gasteiger partial charge in [-0.05, 0) is 26.0 Å². The SMILES string of the molecule is Cc1[nH]nc(NC(=O)c2cc(=O)c3ccccc3o2)c1C. The molecular formula is C15H13N3O3. The van der Waals surface area contributed by atoms with Crippen LogP contribution in [0, 0.1) is 13.8 Å². The summed E-state index contributed by atoms with van der Waals surface area (Å²) in [6.07, 6.45) is 0. The highest BCUT2D eigenvalue weighted by Gasteiger charge is 2.15. The first-order valence-corrected chi connectivity index (χ1v) is 6.42. The minimum absolute atomic E-state index is 0.0428. The van der Waals surface area contributed by atoms with Gasteiger partial charge in [-0.15, -0.1) is 0 Å². The molecule has 0 aliphatic heterocycles. The second kappa shape index (κ2) is 4.90. The molecular weight excluding hydrogens is 270 g/mol. The van der Waals surface area contributed by atoms with Gasteiger partial charge in [0.2, 0.25) is 0 Å². The summed E-state index contributed by atoms with van der Waals surface area (Å²) < 4.78 is 5.47. The Morgan fingerprint density at radius 3 is 2.76 bits per heavy atom. The van der Waals surface area contributed by atoms with E-state index in [2.05, 4.69) is 15.5 Å². The Kier molecular flexibility index (Phi) is 3.06. The van der Waals surface area contributed by atoms with Crippen LogP contribution in [0.1, 0.15) is 21.8 Å². The van der Waals surface area contributed by atoms with Gasteiger partial charge in [-0.2, -0.15) is 5.10 Å². The standard InChI is InChI=1S/C15H13N3O3/c1-8-9(2)17-18-14(8)16-15(20)13-7-11(19)10-5-3-4-6-12(10)21-13/h3-7H,1-2H3,(H2,16,17,18,20). The van der Waals surface area contributed by atoms with Crippen LogP contribution in [0.4, 0.5) is 5.82 Å². The van der Waals surface area contributed by atoms with Crippen LogP contribution in [0.5, 0.6) is 0 Å². The molecule has 3 aromatic rings. The van der Waals surface area contributed by atoms with Gasteiger partial charge in [0.05, 0.1) is 5.39 Å². The predicted molar refractivity (Wildman–Crippen MR) is 78.5 cm³/mol. The lowest BCUT2D eigenvalue weighted by Crippen LogP contribution is -2.15. The molecule has 0 aliphatic rings. The number of amides is 1. The van der Waals surface area contributed by atoms with E-state index in [-0.39, 0.29) is 11.2 Å². The van der Waals surface area contributed by atoms with Crippen LogP contribution in [-0.2, 0) is 0 Å². The zero-order chi connectivity index (χ0) is 15.0. The Labute approximate surface area is 119 Å². The van der Waals surface area contributed by atoms with E-state index in [1.807, 2.05) is 13.8 Å². The van der Waals surface area contributed by atoms with Crippen molar-refractivity contribution in [2.45, 2.75) is 13.8 Å². The topological polar surface area (TPSA) is 88.0 Å². The number of benzene rings is 1. The van der Waals surface area contributed by atoms with Crippen molar-refractivity contribution in [2.75, 3.05) is 5.32 Å². The summed E-state index contributed by atoms with van der Waals surface area (Å²) in [6.45, 7) is 3.69. The summed E-state index contributed by atoms with van der Waals surface area (Å²) in [7, 11) is 0. The number of H-pyrrole nitrogens is 1. The fourth-order valence-electron chi connectivity index (χ4n) is 1.99. The van der Waals surface area contributed by atoms with E-state index < -0.39 is 5.91 Å². The van der Waals surface area contributed by atoms with Gasteiger partial charge in [-0.3, -0.25) is 14.7 Å². The maximum atomic E-state index is 12.2. The maximum Gasteiger partial charge on any atom is 0.292 e. The van der Waals surface area contributed by atoms with Gasteiger partial charge >= 0.3 is 0 Å². The third-order valence-corrected chi connectivity index (χ3v) is 3.34. The molecule has 1 amide bonds. The van der Waals surface area contributed by atoms with Crippen molar-refractivity contribution in [1.29, 1.82) is 0 Å². The normalized spacial score (nSPS) is 10.8. The van der Waals surface area contributed by atoms with Crippen molar-refractivity contribution in [3.05, 3.63) is 57.6 Å². The Balaban J connectivity index is 1.98. The summed E-state index contributed by atoms with van der Waals surface area (Å²) in [4.78, 5) is 24.1. The first-order valence-electron chi connectivity index (χ1n) is 6.42. The van der Waals surface area contributed by atoms with Gasteiger partial charge in [0.25, 0.3) is 5.91 Å². The molecule has 0 aliphatic carbocycles. The molecule has 0 fully saturated rings. The van der Waals surface area contributed by atoms with Crippen molar-refractivity contribution < 1.29 is 9.21 Å². The molecule has 0 unspecified atom stereocenters. The Hall–Kier alpha value is -2.89. The molecule has 2 heterocycles. The van der Waals surface area contributed by atoms with E-state index >= 15 is 0 Å². The molecule has 0 saturated carbocycles. The molecule has 21 heavy (non-hydrogen) atoms. The maximum absolute atomic E-state index is 12.2. The van der Waals surface area contributed by atoms with E-state index in [1.165, 1.54) is 6.07 Å². The molecule has 0 radical (unpaired) electrons. The molecule has 0 bridgehead atoms. The van der Waals surface area contributed by atoms with Gasteiger partial charge < -0.3 is 9.73 Å². The number of hydrogen-bond acceptors (Lipinski definition) is 4. The molecule has 106 valence electrons. The van der Waals surface area contributed by atoms with Gasteiger partial charge in [0.1, 0.15) is 5.58 Å². The van der Waals surface area contributed by atoms with Crippen molar-refractivity contribution in [3.8, 4) is 0 Å². The number of aromatic nitrogens is 2. The number of rotatable bonds is 2. The van der Waals surface area contributed by atoms with Crippen LogP contribution >= 0.6 is 0 Å². The van der Waals surface area contributed by atoms with E-state index in [9.17, 15) is 9.59 Å². The largest absolute Gasteiger partial charge is 0.451 e. The van der Waals surface area contributed by atoms with Gasteiger partial charge in [0, 0.05) is 17.3 Å². The van der Waals surface area contributed by atoms with Crippen LogP contribution in [0.25, 0.3) is 11.0 Å². The zero-order valence-corrected chi connectivity index (χ0v) is 11.6. The van der Waals surface area contributed by atoms with Crippen LogP contribution in [0.15, 0.2) is 39.5 Å². The highest BCUT2D eigenvalue weighted by molar-refractivity contribution is 6.02. The van der Waals surface area contributed by atoms with Gasteiger partial charge in [-0.1, -0.05) is 12.1 Å². The predicted octanol–water partition coefficient (Wildman–Crippen LogP) is 2.39. The number of nitrogens with one attached hydrogen (secondary N) is 2. The smallest absolute Gasteiger partial charge is 0.292 e. The molecule has 2 aromatic heterocycles. The third kappa shape index (κ3) is 2.31. The second-order valence-corrected chi connectivity index (χ2v) is 4.75. The number of carbonyl (C=O) groups excluding carboxylic acids is 1. The number of aromatic amines is 1. The minimum Gasteiger partial charge on any atom is -0.451 e. The average molecular weight is 283 g/mol. The van der Waals surface area contributed by atoms with E-state index in [4.69, 9.17) is 4.42 Å². The minimum atomic E-state index is -0.507. The molecule has 0 spiro atoms. The van der Waals surface area contributed by atoms with Crippen molar-refractivity contribution in [3.63, 3.8) is 0 Å². The zero-order valence-electron chi connectivity index (χ0n) is 11.6. The first-order chi connectivity index (χ1) is 10.1. The number of carbonyl (C=O) groups is 1. The summed E-state index contributed by atoms with van der Waals surface area (Å²) in [6, 6.07) is 7.98. The summed E-state index contributed by atoms with van der Waals surface area (Å²) >= 11 is 0. The number of fused-ring (bicyclic) bond motifs is 1. The molecule has 2 N–H and O–H groups in total. The number of hydrogen-bond donors (Lipinski definition) is 2. The molecule has 6 nitrogen and oxygen atoms in total. The molecule has 0 saturated heterocycles. The Morgan fingerprint density at radius 2 is 2.05 bits per heavy atom. The quantitative estimate of drug-likeness (QED) is 0.755. The lowest BCUT2D eigenvalue weighted by molar-refractivity contribution is 0.0996. The fourth-order valence-corrected chi connectivity index (χ4v) is 1.99. The highest BCUT2D eigenvalue weighted by atomic mass is 16.3. The Morgan fingerprint density at radius 1 is 1.29 bits per heavy atom. The van der Waals surface area contributed by atoms with Crippen LogP contribution in [-0.4, -0.2) is 16.1 Å². The van der Waals surface area contributed by atoms with Crippen molar-refractivity contribution in [1.82, 2.24) is 10.2 Å². The summed E-state index contributed by atoms with van der Waals surface area (Å²) in [5.41, 5.74) is 1.83. The molecule has 3 rings (SSSR count). The highest BCUT2D eigenvalue weighted by Crippen LogP contribution is 2.16. The number of anilines is 1. The van der Waals surface area contributed by atoms with Crippen molar-refractivity contribution in [2.24, 2.45) is 0 Å². The average Bonchev–Trinajstić information content (AvgIpc) is 2.79. The summed E-state index contributed by atoms with van der Waals surface area (Å²) in [5, 5.41) is 9.84. The molecule has 6 heteroatoms. The van der Waals surface area contributed by atoms with Crippen LogP contribution < -0.4 is 10.7 Å². The Bertz CT molecular complexity index is 893. The van der Waals surface area contributed by atoms with E-state index in [1.54, 1.807) is 24.3 Å². The number of aryl methyl sites for hydroxylation is 1. The first kappa shape index (κ1) is 13.1. The number of nitrogens with zero attached hydrogens (tertiary/aromatic N) is 1. The van der Waals surface area contributed by atoms with Crippen LogP contribution in [0.2, 0.25) is 0 Å². The summed E-state index contributed by atoms with van der Waals surface area (Å²) in [5.74, 6) is -0.125. The third-order valence-electron chi connectivity index (χ3n) is 3.34. The van der Waals surface area contributed by atoms with Crippen molar-refractivity contribution >= 4 is 22.7 Å². The van der Waals surface area contributed by atoms with Gasteiger partial charge in [0.15, 0.2) is 17.0 Å². The van der Waals surface area contributed by atoms with Crippen LogP contribution in [0.3, 0.4) is 0 Å². The van der Waals surface area contributed by atoms with E-state index in [0.717, 1.165) is 11.3 Å². The second-order valence-electron chi connectivity index (χ2n) is 4.75. The monoisotopic (exact) mass is 283 g/mol. The van der Waals surface area contributed by atoms with E-state index in [0.29, 0.717) is 16.8 Å². The molecule has 0 atom stereocenters.